The van der Waals surface area contributed by atoms with E-state index in [1.807, 2.05) is 18.2 Å². The summed E-state index contributed by atoms with van der Waals surface area (Å²) >= 11 is 0. The fourth-order valence-electron chi connectivity index (χ4n) is 2.08. The molecule has 0 radical (unpaired) electrons. The molecule has 0 saturated carbocycles. The van der Waals surface area contributed by atoms with E-state index in [4.69, 9.17) is 14.6 Å². The summed E-state index contributed by atoms with van der Waals surface area (Å²) in [5, 5.41) is 11.2. The zero-order valence-electron chi connectivity index (χ0n) is 11.6. The first-order valence-corrected chi connectivity index (χ1v) is 6.68. The Morgan fingerprint density at radius 1 is 1.24 bits per heavy atom. The second-order valence-electron chi connectivity index (χ2n) is 4.55. The molecule has 7 nitrogen and oxygen atoms in total. The maximum absolute atomic E-state index is 11.8. The van der Waals surface area contributed by atoms with Crippen molar-refractivity contribution >= 4 is 23.3 Å². The standard InChI is InChI=1S/C14H18N2O5/c17-13(9-21-10-14(18)19)15-11-3-1-2-4-12(11)16-5-7-20-8-6-16/h1-4H,5-10H2,(H,15,17)(H,18,19). The Kier molecular flexibility index (Phi) is 5.53. The lowest BCUT2D eigenvalue weighted by Crippen LogP contribution is -2.36. The second-order valence-corrected chi connectivity index (χ2v) is 4.55. The maximum Gasteiger partial charge on any atom is 0.329 e. The Hall–Kier alpha value is -2.12. The zero-order valence-corrected chi connectivity index (χ0v) is 11.6. The Morgan fingerprint density at radius 3 is 2.67 bits per heavy atom. The number of aliphatic carboxylic acids is 1. The van der Waals surface area contributed by atoms with Gasteiger partial charge in [-0.15, -0.1) is 0 Å². The summed E-state index contributed by atoms with van der Waals surface area (Å²) < 4.78 is 10.1. The number of rotatable bonds is 6. The van der Waals surface area contributed by atoms with Crippen LogP contribution in [-0.4, -0.2) is 56.5 Å². The van der Waals surface area contributed by atoms with Crippen molar-refractivity contribution in [3.05, 3.63) is 24.3 Å². The lowest BCUT2D eigenvalue weighted by atomic mass is 10.2. The molecule has 0 atom stereocenters. The summed E-state index contributed by atoms with van der Waals surface area (Å²) in [7, 11) is 0. The average molecular weight is 294 g/mol. The summed E-state index contributed by atoms with van der Waals surface area (Å²) in [6, 6.07) is 7.47. The number of ether oxygens (including phenoxy) is 2. The summed E-state index contributed by atoms with van der Waals surface area (Å²) in [4.78, 5) is 24.2. The van der Waals surface area contributed by atoms with Gasteiger partial charge in [0.05, 0.1) is 24.6 Å². The molecule has 1 aliphatic heterocycles. The predicted molar refractivity (Wildman–Crippen MR) is 76.6 cm³/mol. The van der Waals surface area contributed by atoms with Gasteiger partial charge in [0.25, 0.3) is 0 Å². The summed E-state index contributed by atoms with van der Waals surface area (Å²) in [6.07, 6.45) is 0. The van der Waals surface area contributed by atoms with Gasteiger partial charge in [0.15, 0.2) is 0 Å². The normalized spacial score (nSPS) is 14.8. The van der Waals surface area contributed by atoms with Crippen molar-refractivity contribution < 1.29 is 24.2 Å². The van der Waals surface area contributed by atoms with Crippen molar-refractivity contribution in [3.63, 3.8) is 0 Å². The van der Waals surface area contributed by atoms with Crippen LogP contribution in [0.1, 0.15) is 0 Å². The number of amides is 1. The molecule has 0 spiro atoms. The number of para-hydroxylation sites is 2. The minimum Gasteiger partial charge on any atom is -0.480 e. The highest BCUT2D eigenvalue weighted by atomic mass is 16.5. The van der Waals surface area contributed by atoms with Gasteiger partial charge in [-0.1, -0.05) is 12.1 Å². The molecular formula is C14H18N2O5. The van der Waals surface area contributed by atoms with E-state index in [-0.39, 0.29) is 12.5 Å². The third-order valence-corrected chi connectivity index (χ3v) is 2.99. The van der Waals surface area contributed by atoms with Crippen molar-refractivity contribution in [2.24, 2.45) is 0 Å². The molecule has 1 aliphatic rings. The molecule has 2 rings (SSSR count). The molecule has 114 valence electrons. The fourth-order valence-corrected chi connectivity index (χ4v) is 2.08. The van der Waals surface area contributed by atoms with E-state index in [9.17, 15) is 9.59 Å². The van der Waals surface area contributed by atoms with Gasteiger partial charge in [-0.05, 0) is 12.1 Å². The molecule has 0 bridgehead atoms. The molecule has 2 N–H and O–H groups in total. The quantitative estimate of drug-likeness (QED) is 0.797. The molecular weight excluding hydrogens is 276 g/mol. The minimum absolute atomic E-state index is 0.288. The first-order chi connectivity index (χ1) is 10.2. The van der Waals surface area contributed by atoms with E-state index in [0.717, 1.165) is 18.8 Å². The summed E-state index contributed by atoms with van der Waals surface area (Å²) in [5.41, 5.74) is 1.61. The molecule has 0 aromatic heterocycles. The molecule has 1 heterocycles. The van der Waals surface area contributed by atoms with Crippen LogP contribution in [-0.2, 0) is 19.1 Å². The van der Waals surface area contributed by atoms with Crippen LogP contribution in [0.3, 0.4) is 0 Å². The first-order valence-electron chi connectivity index (χ1n) is 6.68. The van der Waals surface area contributed by atoms with Crippen LogP contribution < -0.4 is 10.2 Å². The number of nitrogens with zero attached hydrogens (tertiary/aromatic N) is 1. The summed E-state index contributed by atoms with van der Waals surface area (Å²) in [6.45, 7) is 2.07. The number of morpholine rings is 1. The van der Waals surface area contributed by atoms with Gasteiger partial charge in [0.1, 0.15) is 13.2 Å². The molecule has 1 amide bonds. The van der Waals surface area contributed by atoms with Gasteiger partial charge in [-0.3, -0.25) is 4.79 Å². The lowest BCUT2D eigenvalue weighted by Gasteiger charge is -2.30. The largest absolute Gasteiger partial charge is 0.480 e. The number of hydrogen-bond acceptors (Lipinski definition) is 5. The maximum atomic E-state index is 11.8. The van der Waals surface area contributed by atoms with Crippen LogP contribution in [0.15, 0.2) is 24.3 Å². The molecule has 1 saturated heterocycles. The van der Waals surface area contributed by atoms with E-state index in [1.165, 1.54) is 0 Å². The van der Waals surface area contributed by atoms with Gasteiger partial charge < -0.3 is 24.8 Å². The third-order valence-electron chi connectivity index (χ3n) is 2.99. The smallest absolute Gasteiger partial charge is 0.329 e. The number of carboxylic acid groups (broad SMARTS) is 1. The van der Waals surface area contributed by atoms with Crippen LogP contribution >= 0.6 is 0 Å². The highest BCUT2D eigenvalue weighted by molar-refractivity contribution is 5.95. The number of carbonyl (C=O) groups is 2. The van der Waals surface area contributed by atoms with E-state index in [1.54, 1.807) is 6.07 Å². The van der Waals surface area contributed by atoms with Crippen LogP contribution in [0.25, 0.3) is 0 Å². The Bertz CT molecular complexity index is 500. The zero-order chi connectivity index (χ0) is 15.1. The highest BCUT2D eigenvalue weighted by Crippen LogP contribution is 2.26. The minimum atomic E-state index is -1.10. The van der Waals surface area contributed by atoms with Gasteiger partial charge in [0.2, 0.25) is 5.91 Å². The van der Waals surface area contributed by atoms with Crippen LogP contribution in [0.4, 0.5) is 11.4 Å². The van der Waals surface area contributed by atoms with Gasteiger partial charge in [-0.25, -0.2) is 4.79 Å². The molecule has 21 heavy (non-hydrogen) atoms. The predicted octanol–water partition coefficient (Wildman–Crippen LogP) is 0.563. The summed E-state index contributed by atoms with van der Waals surface area (Å²) in [5.74, 6) is -1.48. The second kappa shape index (κ2) is 7.61. The van der Waals surface area contributed by atoms with Gasteiger partial charge in [-0.2, -0.15) is 0 Å². The van der Waals surface area contributed by atoms with Crippen molar-refractivity contribution in [2.75, 3.05) is 49.7 Å². The van der Waals surface area contributed by atoms with Crippen LogP contribution in [0.2, 0.25) is 0 Å². The topological polar surface area (TPSA) is 88.1 Å². The average Bonchev–Trinajstić information content (AvgIpc) is 2.48. The van der Waals surface area contributed by atoms with Gasteiger partial charge in [0, 0.05) is 13.1 Å². The fraction of sp³-hybridized carbons (Fsp3) is 0.429. The van der Waals surface area contributed by atoms with E-state index < -0.39 is 12.6 Å². The van der Waals surface area contributed by atoms with Crippen molar-refractivity contribution in [1.82, 2.24) is 0 Å². The van der Waals surface area contributed by atoms with E-state index >= 15 is 0 Å². The lowest BCUT2D eigenvalue weighted by molar-refractivity contribution is -0.143. The monoisotopic (exact) mass is 294 g/mol. The molecule has 0 unspecified atom stereocenters. The molecule has 0 aliphatic carbocycles. The number of carboxylic acids is 1. The molecule has 1 aromatic carbocycles. The number of hydrogen-bond donors (Lipinski definition) is 2. The Morgan fingerprint density at radius 2 is 1.95 bits per heavy atom. The SMILES string of the molecule is O=C(O)COCC(=O)Nc1ccccc1N1CCOCC1. The van der Waals surface area contributed by atoms with Crippen LogP contribution in [0.5, 0.6) is 0 Å². The van der Waals surface area contributed by atoms with Crippen LogP contribution in [0, 0.1) is 0 Å². The molecule has 7 heteroatoms. The number of carbonyl (C=O) groups excluding carboxylic acids is 1. The Balaban J connectivity index is 1.96. The first kappa shape index (κ1) is 15.3. The Labute approximate surface area is 122 Å². The van der Waals surface area contributed by atoms with Crippen molar-refractivity contribution in [1.29, 1.82) is 0 Å². The van der Waals surface area contributed by atoms with Crippen molar-refractivity contribution in [3.8, 4) is 0 Å². The number of nitrogens with one attached hydrogen (secondary N) is 1. The molecule has 1 aromatic rings. The highest BCUT2D eigenvalue weighted by Gasteiger charge is 2.15. The number of anilines is 2. The van der Waals surface area contributed by atoms with E-state index in [0.29, 0.717) is 18.9 Å². The van der Waals surface area contributed by atoms with Gasteiger partial charge >= 0.3 is 5.97 Å². The van der Waals surface area contributed by atoms with E-state index in [2.05, 4.69) is 10.2 Å². The molecule has 1 fully saturated rings. The van der Waals surface area contributed by atoms with Crippen molar-refractivity contribution in [2.45, 2.75) is 0 Å². The number of benzene rings is 1. The third kappa shape index (κ3) is 4.73.